The predicted molar refractivity (Wildman–Crippen MR) is 120 cm³/mol. The predicted octanol–water partition coefficient (Wildman–Crippen LogP) is 5.60. The van der Waals surface area contributed by atoms with E-state index < -0.39 is 5.60 Å². The van der Waals surface area contributed by atoms with E-state index in [1.54, 1.807) is 6.92 Å². The molecule has 1 unspecified atom stereocenters. The average molecular weight is 463 g/mol. The molecular formula is C22H20Cl2N2O3S. The van der Waals surface area contributed by atoms with Crippen LogP contribution in [0.25, 0.3) is 22.5 Å². The minimum absolute atomic E-state index is 0.0161. The van der Waals surface area contributed by atoms with Crippen LogP contribution in [-0.2, 0) is 9.53 Å². The number of ether oxygens (including phenoxy) is 1. The summed E-state index contributed by atoms with van der Waals surface area (Å²) in [5.74, 6) is 0.0871. The second kappa shape index (κ2) is 8.63. The monoisotopic (exact) mass is 462 g/mol. The highest BCUT2D eigenvalue weighted by atomic mass is 35.5. The van der Waals surface area contributed by atoms with Crippen molar-refractivity contribution < 1.29 is 14.6 Å². The first kappa shape index (κ1) is 21.2. The van der Waals surface area contributed by atoms with Crippen LogP contribution in [0.15, 0.2) is 53.7 Å². The molecule has 0 bridgehead atoms. The molecule has 1 fully saturated rings. The lowest BCUT2D eigenvalue weighted by Gasteiger charge is -2.32. The Balaban J connectivity index is 1.65. The molecule has 0 amide bonds. The van der Waals surface area contributed by atoms with Crippen LogP contribution < -0.4 is 0 Å². The second-order valence-corrected chi connectivity index (χ2v) is 9.35. The van der Waals surface area contributed by atoms with E-state index in [0.717, 1.165) is 16.8 Å². The molecular weight excluding hydrogens is 443 g/mol. The number of aromatic nitrogens is 2. The van der Waals surface area contributed by atoms with Crippen LogP contribution in [0.3, 0.4) is 0 Å². The van der Waals surface area contributed by atoms with Gasteiger partial charge in [-0.2, -0.15) is 0 Å². The van der Waals surface area contributed by atoms with Crippen molar-refractivity contribution in [2.75, 3.05) is 5.75 Å². The van der Waals surface area contributed by atoms with E-state index in [2.05, 4.69) is 4.98 Å². The highest BCUT2D eigenvalue weighted by Crippen LogP contribution is 2.39. The Morgan fingerprint density at radius 2 is 1.80 bits per heavy atom. The number of nitrogens with zero attached hydrogens (tertiary/aromatic N) is 1. The van der Waals surface area contributed by atoms with Crippen LogP contribution >= 0.6 is 35.0 Å². The molecule has 0 saturated carbocycles. The normalized spacial score (nSPS) is 21.5. The summed E-state index contributed by atoms with van der Waals surface area (Å²) in [7, 11) is 0. The lowest BCUT2D eigenvalue weighted by molar-refractivity contribution is -0.165. The molecule has 0 aliphatic carbocycles. The molecule has 0 radical (unpaired) electrons. The van der Waals surface area contributed by atoms with E-state index in [1.165, 1.54) is 11.8 Å². The lowest BCUT2D eigenvalue weighted by Crippen LogP contribution is -2.41. The first-order valence-electron chi connectivity index (χ1n) is 9.47. The SMILES string of the molecule is C[C@@]1(O)CC(=O)OC(CSc2nc(-c3ccccc3Cl)c(-c3ccccc3Cl)[nH]2)C1. The number of benzene rings is 2. The van der Waals surface area contributed by atoms with Gasteiger partial charge in [0.2, 0.25) is 0 Å². The van der Waals surface area contributed by atoms with Crippen LogP contribution in [-0.4, -0.2) is 38.5 Å². The Morgan fingerprint density at radius 3 is 2.43 bits per heavy atom. The number of nitrogens with one attached hydrogen (secondary N) is 1. The summed E-state index contributed by atoms with van der Waals surface area (Å²) in [5, 5.41) is 12.1. The third-order valence-corrected chi connectivity index (χ3v) is 6.52. The molecule has 3 aromatic rings. The molecule has 1 aliphatic rings. The van der Waals surface area contributed by atoms with Gasteiger partial charge < -0.3 is 14.8 Å². The molecule has 1 aliphatic heterocycles. The van der Waals surface area contributed by atoms with Crippen LogP contribution in [0.1, 0.15) is 19.8 Å². The summed E-state index contributed by atoms with van der Waals surface area (Å²) in [4.78, 5) is 19.9. The average Bonchev–Trinajstić information content (AvgIpc) is 3.09. The smallest absolute Gasteiger partial charge is 0.309 e. The quantitative estimate of drug-likeness (QED) is 0.381. The maximum atomic E-state index is 11.8. The molecule has 0 spiro atoms. The van der Waals surface area contributed by atoms with E-state index in [9.17, 15) is 9.90 Å². The number of imidazole rings is 1. The summed E-state index contributed by atoms with van der Waals surface area (Å²) in [6, 6.07) is 15.0. The topological polar surface area (TPSA) is 75.2 Å². The zero-order valence-corrected chi connectivity index (χ0v) is 18.5. The van der Waals surface area contributed by atoms with E-state index in [-0.39, 0.29) is 18.5 Å². The first-order valence-corrected chi connectivity index (χ1v) is 11.2. The number of hydrogen-bond acceptors (Lipinski definition) is 5. The molecule has 5 nitrogen and oxygen atoms in total. The van der Waals surface area contributed by atoms with Crippen molar-refractivity contribution >= 4 is 40.9 Å². The number of rotatable bonds is 5. The van der Waals surface area contributed by atoms with Crippen molar-refractivity contribution in [3.63, 3.8) is 0 Å². The number of thioether (sulfide) groups is 1. The Hall–Kier alpha value is -1.99. The van der Waals surface area contributed by atoms with Gasteiger partial charge in [-0.15, -0.1) is 0 Å². The fraction of sp³-hybridized carbons (Fsp3) is 0.273. The Bertz CT molecular complexity index is 1020. The van der Waals surface area contributed by atoms with Gasteiger partial charge in [0, 0.05) is 28.3 Å². The van der Waals surface area contributed by atoms with Gasteiger partial charge in [-0.1, -0.05) is 71.4 Å². The van der Waals surface area contributed by atoms with E-state index in [0.29, 0.717) is 33.1 Å². The van der Waals surface area contributed by atoms with E-state index >= 15 is 0 Å². The number of carbonyl (C=O) groups is 1. The minimum Gasteiger partial charge on any atom is -0.461 e. The number of H-pyrrole nitrogens is 1. The Morgan fingerprint density at radius 1 is 1.17 bits per heavy atom. The molecule has 2 heterocycles. The third-order valence-electron chi connectivity index (χ3n) is 4.85. The molecule has 30 heavy (non-hydrogen) atoms. The van der Waals surface area contributed by atoms with Gasteiger partial charge in [-0.05, 0) is 19.1 Å². The van der Waals surface area contributed by atoms with E-state index in [1.807, 2.05) is 48.5 Å². The first-order chi connectivity index (χ1) is 14.3. The van der Waals surface area contributed by atoms with Crippen LogP contribution in [0.5, 0.6) is 0 Å². The van der Waals surface area contributed by atoms with Gasteiger partial charge in [0.1, 0.15) is 6.10 Å². The van der Waals surface area contributed by atoms with Gasteiger partial charge >= 0.3 is 5.97 Å². The van der Waals surface area contributed by atoms with Crippen molar-refractivity contribution in [1.82, 2.24) is 9.97 Å². The number of hydrogen-bond donors (Lipinski definition) is 2. The standard InChI is InChI=1S/C22H20Cl2N2O3S/c1-22(28)10-13(29-18(27)11-22)12-30-21-25-19(14-6-2-4-8-16(14)23)20(26-21)15-7-3-5-9-17(15)24/h2-9,13,28H,10-12H2,1H3,(H,25,26)/t13?,22-/m0/s1. The Labute approximate surface area is 188 Å². The van der Waals surface area contributed by atoms with Gasteiger partial charge in [0.25, 0.3) is 0 Å². The van der Waals surface area contributed by atoms with Gasteiger partial charge in [0.15, 0.2) is 5.16 Å². The number of aliphatic hydroxyl groups is 1. The maximum Gasteiger partial charge on any atom is 0.309 e. The fourth-order valence-corrected chi connectivity index (χ4v) is 4.85. The van der Waals surface area contributed by atoms with Crippen molar-refractivity contribution in [1.29, 1.82) is 0 Å². The molecule has 156 valence electrons. The summed E-state index contributed by atoms with van der Waals surface area (Å²) in [6.45, 7) is 1.66. The highest BCUT2D eigenvalue weighted by molar-refractivity contribution is 7.99. The molecule has 8 heteroatoms. The Kier molecular flexibility index (Phi) is 6.11. The van der Waals surface area contributed by atoms with Crippen molar-refractivity contribution in [3.05, 3.63) is 58.6 Å². The van der Waals surface area contributed by atoms with Crippen LogP contribution in [0.4, 0.5) is 0 Å². The number of halogens is 2. The lowest BCUT2D eigenvalue weighted by atomic mass is 9.93. The zero-order valence-electron chi connectivity index (χ0n) is 16.2. The number of esters is 1. The highest BCUT2D eigenvalue weighted by Gasteiger charge is 2.36. The zero-order chi connectivity index (χ0) is 21.3. The second-order valence-electron chi connectivity index (χ2n) is 7.53. The van der Waals surface area contributed by atoms with Crippen LogP contribution in [0, 0.1) is 0 Å². The third kappa shape index (κ3) is 4.67. The minimum atomic E-state index is -1.05. The number of aromatic amines is 1. The maximum absolute atomic E-state index is 11.8. The molecule has 1 saturated heterocycles. The molecule has 2 atom stereocenters. The van der Waals surface area contributed by atoms with Gasteiger partial charge in [-0.3, -0.25) is 4.79 Å². The molecule has 2 N–H and O–H groups in total. The van der Waals surface area contributed by atoms with Gasteiger partial charge in [-0.25, -0.2) is 4.98 Å². The fourth-order valence-electron chi connectivity index (χ4n) is 3.53. The van der Waals surface area contributed by atoms with Crippen molar-refractivity contribution in [3.8, 4) is 22.5 Å². The largest absolute Gasteiger partial charge is 0.461 e. The summed E-state index contributed by atoms with van der Waals surface area (Å²) < 4.78 is 5.38. The summed E-state index contributed by atoms with van der Waals surface area (Å²) in [6.07, 6.45) is 0.0209. The molecule has 1 aromatic heterocycles. The van der Waals surface area contributed by atoms with Gasteiger partial charge in [0.05, 0.1) is 28.4 Å². The molecule has 2 aromatic carbocycles. The number of carbonyl (C=O) groups excluding carboxylic acids is 1. The van der Waals surface area contributed by atoms with Crippen molar-refractivity contribution in [2.45, 2.75) is 36.6 Å². The molecule has 4 rings (SSSR count). The van der Waals surface area contributed by atoms with Crippen LogP contribution in [0.2, 0.25) is 10.0 Å². The summed E-state index contributed by atoms with van der Waals surface area (Å²) >= 11 is 14.3. The number of cyclic esters (lactones) is 1. The van der Waals surface area contributed by atoms with Crippen molar-refractivity contribution in [2.24, 2.45) is 0 Å². The van der Waals surface area contributed by atoms with E-state index in [4.69, 9.17) is 32.9 Å². The summed E-state index contributed by atoms with van der Waals surface area (Å²) in [5.41, 5.74) is 2.03.